The van der Waals surface area contributed by atoms with Gasteiger partial charge < -0.3 is 16.3 Å². The number of amidine groups is 1. The number of hydrogen-bond donors (Lipinski definition) is 3. The van der Waals surface area contributed by atoms with Gasteiger partial charge in [0, 0.05) is 18.2 Å². The summed E-state index contributed by atoms with van der Waals surface area (Å²) in [6.45, 7) is 0.230. The molecule has 2 aromatic rings. The largest absolute Gasteiger partial charge is 0.409 e. The number of aryl methyl sites for hydroxylation is 1. The first-order chi connectivity index (χ1) is 9.60. The Balaban J connectivity index is 2.05. The van der Waals surface area contributed by atoms with Crippen LogP contribution in [0.5, 0.6) is 0 Å². The summed E-state index contributed by atoms with van der Waals surface area (Å²) in [7, 11) is 1.75. The first kappa shape index (κ1) is 13.5. The third kappa shape index (κ3) is 3.10. The molecule has 2 rings (SSSR count). The molecule has 0 atom stereocenters. The number of carbonyl (C=O) groups is 1. The summed E-state index contributed by atoms with van der Waals surface area (Å²) in [6, 6.07) is 6.47. The van der Waals surface area contributed by atoms with Crippen molar-refractivity contribution in [3.63, 3.8) is 0 Å². The van der Waals surface area contributed by atoms with E-state index in [0.717, 1.165) is 0 Å². The number of nitrogens with two attached hydrogens (primary N) is 1. The first-order valence-corrected chi connectivity index (χ1v) is 5.81. The quantitative estimate of drug-likeness (QED) is 0.310. The average molecular weight is 274 g/mol. The number of nitrogens with one attached hydrogen (secondary N) is 1. The maximum absolute atomic E-state index is 12.0. The van der Waals surface area contributed by atoms with E-state index in [-0.39, 0.29) is 18.3 Å². The van der Waals surface area contributed by atoms with Crippen molar-refractivity contribution in [3.8, 4) is 0 Å². The minimum atomic E-state index is -0.287. The van der Waals surface area contributed by atoms with Crippen LogP contribution in [0.15, 0.2) is 35.7 Å². The summed E-state index contributed by atoms with van der Waals surface area (Å²) < 4.78 is 1.56. The lowest BCUT2D eigenvalue weighted by atomic mass is 10.1. The van der Waals surface area contributed by atoms with Gasteiger partial charge in [0.1, 0.15) is 6.33 Å². The number of carbonyl (C=O) groups excluding carboxylic acids is 1. The summed E-state index contributed by atoms with van der Waals surface area (Å²) in [6.07, 6.45) is 1.56. The molecule has 0 aliphatic carbocycles. The summed E-state index contributed by atoms with van der Waals surface area (Å²) in [5.41, 5.74) is 6.35. The monoisotopic (exact) mass is 274 g/mol. The predicted molar refractivity (Wildman–Crippen MR) is 71.1 cm³/mol. The van der Waals surface area contributed by atoms with E-state index < -0.39 is 0 Å². The molecular weight excluding hydrogens is 260 g/mol. The second kappa shape index (κ2) is 5.83. The van der Waals surface area contributed by atoms with Gasteiger partial charge in [-0.2, -0.15) is 5.10 Å². The highest BCUT2D eigenvalue weighted by Gasteiger charge is 2.09. The lowest BCUT2D eigenvalue weighted by Gasteiger charge is -2.05. The van der Waals surface area contributed by atoms with Crippen LogP contribution in [0.4, 0.5) is 0 Å². The van der Waals surface area contributed by atoms with E-state index in [1.807, 2.05) is 0 Å². The molecule has 20 heavy (non-hydrogen) atoms. The molecular formula is C12H14N6O2. The predicted octanol–water partition coefficient (Wildman–Crippen LogP) is -0.160. The van der Waals surface area contributed by atoms with Crippen LogP contribution in [0, 0.1) is 0 Å². The van der Waals surface area contributed by atoms with Gasteiger partial charge in [0.15, 0.2) is 11.7 Å². The molecule has 0 unspecified atom stereocenters. The van der Waals surface area contributed by atoms with E-state index in [9.17, 15) is 4.79 Å². The summed E-state index contributed by atoms with van der Waals surface area (Å²) in [5.74, 6) is 0.185. The number of rotatable bonds is 4. The molecule has 1 heterocycles. The summed E-state index contributed by atoms with van der Waals surface area (Å²) in [4.78, 5) is 16.0. The third-order valence-corrected chi connectivity index (χ3v) is 2.58. The van der Waals surface area contributed by atoms with E-state index in [1.54, 1.807) is 36.3 Å². The topological polar surface area (TPSA) is 118 Å². The molecule has 8 nitrogen and oxygen atoms in total. The molecule has 1 amide bonds. The minimum absolute atomic E-state index is 0.0500. The van der Waals surface area contributed by atoms with Gasteiger partial charge in [-0.05, 0) is 12.1 Å². The zero-order valence-corrected chi connectivity index (χ0v) is 10.8. The van der Waals surface area contributed by atoms with E-state index in [4.69, 9.17) is 10.9 Å². The molecule has 0 saturated carbocycles. The van der Waals surface area contributed by atoms with Crippen molar-refractivity contribution in [2.45, 2.75) is 6.54 Å². The summed E-state index contributed by atoms with van der Waals surface area (Å²) >= 11 is 0. The third-order valence-electron chi connectivity index (χ3n) is 2.58. The Bertz CT molecular complexity index is 649. The number of nitrogens with zero attached hydrogens (tertiary/aromatic N) is 4. The van der Waals surface area contributed by atoms with Gasteiger partial charge in [-0.25, -0.2) is 4.98 Å². The minimum Gasteiger partial charge on any atom is -0.409 e. The molecule has 1 aromatic heterocycles. The van der Waals surface area contributed by atoms with Gasteiger partial charge in [-0.1, -0.05) is 17.3 Å². The number of oxime groups is 1. The fraction of sp³-hybridized carbons (Fsp3) is 0.167. The Morgan fingerprint density at radius 2 is 2.25 bits per heavy atom. The van der Waals surface area contributed by atoms with Crippen LogP contribution in [-0.2, 0) is 13.6 Å². The molecule has 0 spiro atoms. The highest BCUT2D eigenvalue weighted by molar-refractivity contribution is 6.01. The normalized spacial score (nSPS) is 11.3. The number of hydrogen-bond acceptors (Lipinski definition) is 5. The van der Waals surface area contributed by atoms with Gasteiger partial charge in [-0.3, -0.25) is 9.48 Å². The van der Waals surface area contributed by atoms with Gasteiger partial charge in [-0.15, -0.1) is 0 Å². The van der Waals surface area contributed by atoms with Crippen molar-refractivity contribution < 1.29 is 10.0 Å². The lowest BCUT2D eigenvalue weighted by molar-refractivity contribution is 0.0950. The number of benzene rings is 1. The van der Waals surface area contributed by atoms with Gasteiger partial charge >= 0.3 is 0 Å². The van der Waals surface area contributed by atoms with Crippen molar-refractivity contribution in [3.05, 3.63) is 47.5 Å². The van der Waals surface area contributed by atoms with Crippen LogP contribution >= 0.6 is 0 Å². The molecule has 8 heteroatoms. The fourth-order valence-corrected chi connectivity index (χ4v) is 1.60. The van der Waals surface area contributed by atoms with Crippen molar-refractivity contribution in [1.29, 1.82) is 0 Å². The Kier molecular flexibility index (Phi) is 3.94. The number of amides is 1. The van der Waals surface area contributed by atoms with Crippen molar-refractivity contribution in [1.82, 2.24) is 20.1 Å². The Labute approximate surface area is 114 Å². The SMILES string of the molecule is Cn1cnc(CNC(=O)c2cccc(/C(N)=N/O)c2)n1. The smallest absolute Gasteiger partial charge is 0.251 e. The number of aromatic nitrogens is 3. The maximum Gasteiger partial charge on any atom is 0.251 e. The average Bonchev–Trinajstić information content (AvgIpc) is 2.89. The molecule has 1 aromatic carbocycles. The van der Waals surface area contributed by atoms with E-state index >= 15 is 0 Å². The molecule has 0 radical (unpaired) electrons. The van der Waals surface area contributed by atoms with Gasteiger partial charge in [0.05, 0.1) is 6.54 Å². The summed E-state index contributed by atoms with van der Waals surface area (Å²) in [5, 5.41) is 18.3. The van der Waals surface area contributed by atoms with E-state index in [1.165, 1.54) is 6.07 Å². The molecule has 104 valence electrons. The zero-order chi connectivity index (χ0) is 14.5. The zero-order valence-electron chi connectivity index (χ0n) is 10.8. The molecule has 4 N–H and O–H groups in total. The molecule has 0 bridgehead atoms. The van der Waals surface area contributed by atoms with Crippen molar-refractivity contribution in [2.24, 2.45) is 17.9 Å². The molecule has 0 aliphatic rings. The van der Waals surface area contributed by atoms with Crippen LogP contribution in [0.2, 0.25) is 0 Å². The highest BCUT2D eigenvalue weighted by atomic mass is 16.4. The molecule has 0 aliphatic heterocycles. The van der Waals surface area contributed by atoms with E-state index in [0.29, 0.717) is 17.0 Å². The maximum atomic E-state index is 12.0. The standard InChI is InChI=1S/C12H14N6O2/c1-18-7-15-10(16-18)6-14-12(19)9-4-2-3-8(5-9)11(13)17-20/h2-5,7,20H,6H2,1H3,(H2,13,17)(H,14,19). The fourth-order valence-electron chi connectivity index (χ4n) is 1.60. The van der Waals surface area contributed by atoms with Crippen LogP contribution in [0.25, 0.3) is 0 Å². The Morgan fingerprint density at radius 3 is 2.90 bits per heavy atom. The van der Waals surface area contributed by atoms with Gasteiger partial charge in [0.2, 0.25) is 0 Å². The van der Waals surface area contributed by atoms with Crippen molar-refractivity contribution in [2.75, 3.05) is 0 Å². The van der Waals surface area contributed by atoms with Crippen molar-refractivity contribution >= 4 is 11.7 Å². The van der Waals surface area contributed by atoms with E-state index in [2.05, 4.69) is 20.6 Å². The van der Waals surface area contributed by atoms with Crippen LogP contribution in [-0.4, -0.2) is 31.7 Å². The lowest BCUT2D eigenvalue weighted by Crippen LogP contribution is -2.24. The van der Waals surface area contributed by atoms with Gasteiger partial charge in [0.25, 0.3) is 5.91 Å². The molecule has 0 fully saturated rings. The Morgan fingerprint density at radius 1 is 1.50 bits per heavy atom. The second-order valence-corrected chi connectivity index (χ2v) is 4.08. The Hall–Kier alpha value is -2.90. The highest BCUT2D eigenvalue weighted by Crippen LogP contribution is 2.05. The molecule has 0 saturated heterocycles. The van der Waals surface area contributed by atoms with Crippen LogP contribution < -0.4 is 11.1 Å². The second-order valence-electron chi connectivity index (χ2n) is 4.08. The first-order valence-electron chi connectivity index (χ1n) is 5.81. The van der Waals surface area contributed by atoms with Crippen LogP contribution in [0.3, 0.4) is 0 Å². The van der Waals surface area contributed by atoms with Crippen LogP contribution in [0.1, 0.15) is 21.7 Å².